The number of nitrogens with zero attached hydrogens (tertiary/aromatic N) is 2. The molecule has 0 aromatic heterocycles. The van der Waals surface area contributed by atoms with Gasteiger partial charge >= 0.3 is 5.97 Å². The first-order chi connectivity index (χ1) is 24.0. The Labute approximate surface area is 293 Å². The smallest absolute Gasteiger partial charge is 0.338 e. The van der Waals surface area contributed by atoms with Crippen LogP contribution in [0, 0.1) is 6.92 Å². The molecule has 4 aromatic carbocycles. The lowest BCUT2D eigenvalue weighted by molar-refractivity contribution is -0.119. The maximum atomic E-state index is 14.3. The third-order valence-corrected chi connectivity index (χ3v) is 10.9. The van der Waals surface area contributed by atoms with Crippen LogP contribution in [-0.2, 0) is 32.6 Å². The van der Waals surface area contributed by atoms with Crippen molar-refractivity contribution in [1.29, 1.82) is 0 Å². The number of aryl methyl sites for hydroxylation is 1. The van der Waals surface area contributed by atoms with Gasteiger partial charge in [-0.3, -0.25) is 4.79 Å². The molecule has 0 spiro atoms. The zero-order chi connectivity index (χ0) is 35.8. The third kappa shape index (κ3) is 8.97. The monoisotopic (exact) mass is 700 g/mol. The lowest BCUT2D eigenvalue weighted by atomic mass is 9.84. The number of aromatic hydroxyl groups is 1. The highest BCUT2D eigenvalue weighted by molar-refractivity contribution is 7.89. The maximum Gasteiger partial charge on any atom is 0.338 e. The normalized spacial score (nSPS) is 13.8. The van der Waals surface area contributed by atoms with Gasteiger partial charge in [0.2, 0.25) is 15.9 Å². The molecule has 0 saturated heterocycles. The molecule has 4 aromatic rings. The Morgan fingerprint density at radius 1 is 0.840 bits per heavy atom. The molecule has 10 nitrogen and oxygen atoms in total. The van der Waals surface area contributed by atoms with Gasteiger partial charge in [0.1, 0.15) is 5.75 Å². The van der Waals surface area contributed by atoms with Crippen LogP contribution in [0.4, 0.5) is 5.69 Å². The third-order valence-electron chi connectivity index (χ3n) is 9.10. The van der Waals surface area contributed by atoms with E-state index >= 15 is 0 Å². The number of esters is 1. The summed E-state index contributed by atoms with van der Waals surface area (Å²) in [5, 5.41) is 30.0. The molecule has 0 unspecified atom stereocenters. The number of phenols is 1. The number of aliphatic hydroxyl groups is 2. The second kappa shape index (κ2) is 16.4. The van der Waals surface area contributed by atoms with E-state index in [9.17, 15) is 33.3 Å². The molecule has 50 heavy (non-hydrogen) atoms. The molecule has 3 N–H and O–H groups in total. The summed E-state index contributed by atoms with van der Waals surface area (Å²) in [6.07, 6.45) is 4.01. The van der Waals surface area contributed by atoms with Crippen LogP contribution in [0.5, 0.6) is 5.75 Å². The van der Waals surface area contributed by atoms with Crippen LogP contribution in [0.25, 0.3) is 0 Å². The highest BCUT2D eigenvalue weighted by Gasteiger charge is 2.30. The summed E-state index contributed by atoms with van der Waals surface area (Å²) in [7, 11) is -4.20. The van der Waals surface area contributed by atoms with E-state index in [-0.39, 0.29) is 35.8 Å². The van der Waals surface area contributed by atoms with Gasteiger partial charge in [-0.1, -0.05) is 73.4 Å². The number of ether oxygens (including phenoxy) is 1. The number of hydrogen-bond donors (Lipinski definition) is 3. The van der Waals surface area contributed by atoms with Gasteiger partial charge < -0.3 is 25.0 Å². The molecule has 11 heteroatoms. The van der Waals surface area contributed by atoms with Crippen LogP contribution in [0.15, 0.2) is 95.9 Å². The predicted octanol–water partition coefficient (Wildman–Crippen LogP) is 6.33. The van der Waals surface area contributed by atoms with Crippen molar-refractivity contribution in [3.63, 3.8) is 0 Å². The van der Waals surface area contributed by atoms with Gasteiger partial charge in [0.25, 0.3) is 0 Å². The van der Waals surface area contributed by atoms with Gasteiger partial charge in [-0.15, -0.1) is 0 Å². The minimum absolute atomic E-state index is 0.0165. The van der Waals surface area contributed by atoms with Crippen LogP contribution < -0.4 is 4.90 Å². The second-order valence-electron chi connectivity index (χ2n) is 12.7. The number of anilines is 1. The van der Waals surface area contributed by atoms with E-state index in [1.165, 1.54) is 60.1 Å². The highest BCUT2D eigenvalue weighted by atomic mass is 32.2. The maximum absolute atomic E-state index is 14.3. The largest absolute Gasteiger partial charge is 0.507 e. The van der Waals surface area contributed by atoms with Gasteiger partial charge in [0, 0.05) is 23.9 Å². The van der Waals surface area contributed by atoms with Crippen LogP contribution in [0.3, 0.4) is 0 Å². The Hall–Kier alpha value is -4.55. The van der Waals surface area contributed by atoms with Crippen molar-refractivity contribution in [2.45, 2.75) is 76.1 Å². The highest BCUT2D eigenvalue weighted by Crippen LogP contribution is 2.34. The summed E-state index contributed by atoms with van der Waals surface area (Å²) >= 11 is 0. The summed E-state index contributed by atoms with van der Waals surface area (Å²) in [6.45, 7) is 3.11. The lowest BCUT2D eigenvalue weighted by Crippen LogP contribution is -2.42. The van der Waals surface area contributed by atoms with Gasteiger partial charge in [-0.2, -0.15) is 4.31 Å². The van der Waals surface area contributed by atoms with Gasteiger partial charge in [0.15, 0.2) is 6.29 Å². The molecule has 1 saturated carbocycles. The number of carbonyl (C=O) groups is 2. The molecular formula is C39H44N2O8S. The quantitative estimate of drug-likeness (QED) is 0.108. The Bertz CT molecular complexity index is 1870. The second-order valence-corrected chi connectivity index (χ2v) is 14.6. The van der Waals surface area contributed by atoms with Crippen LogP contribution >= 0.6 is 0 Å². The van der Waals surface area contributed by atoms with E-state index in [0.717, 1.165) is 28.3 Å². The van der Waals surface area contributed by atoms with Crippen molar-refractivity contribution in [3.8, 4) is 5.75 Å². The molecule has 0 heterocycles. The number of phenolic OH excluding ortho intramolecular Hbond substituents is 1. The number of amides is 1. The van der Waals surface area contributed by atoms with Crippen LogP contribution in [0.1, 0.15) is 89.4 Å². The molecule has 0 atom stereocenters. The average molecular weight is 701 g/mol. The van der Waals surface area contributed by atoms with E-state index in [2.05, 4.69) is 12.1 Å². The molecule has 1 aliphatic carbocycles. The number of sulfonamides is 1. The summed E-state index contributed by atoms with van der Waals surface area (Å²) < 4.78 is 34.4. The Morgan fingerprint density at radius 3 is 2.06 bits per heavy atom. The zero-order valence-corrected chi connectivity index (χ0v) is 29.2. The fourth-order valence-electron chi connectivity index (χ4n) is 6.24. The number of aliphatic hydroxyl groups excluding tert-OH is 1. The van der Waals surface area contributed by atoms with Gasteiger partial charge in [-0.05, 0) is 85.7 Å². The van der Waals surface area contributed by atoms with E-state index in [4.69, 9.17) is 4.74 Å². The van der Waals surface area contributed by atoms with Gasteiger partial charge in [-0.25, -0.2) is 13.2 Å². The van der Waals surface area contributed by atoms with Crippen molar-refractivity contribution in [3.05, 3.63) is 124 Å². The van der Waals surface area contributed by atoms with Crippen LogP contribution in [-0.4, -0.2) is 53.1 Å². The minimum atomic E-state index is -4.20. The summed E-state index contributed by atoms with van der Waals surface area (Å²) in [5.74, 6) is -0.994. The fraction of sp³-hybridized carbons (Fsp3) is 0.333. The number of hydrogen-bond acceptors (Lipinski definition) is 8. The molecule has 0 radical (unpaired) electrons. The van der Waals surface area contributed by atoms with E-state index in [0.29, 0.717) is 17.0 Å². The molecule has 1 aliphatic rings. The van der Waals surface area contributed by atoms with E-state index in [1.54, 1.807) is 43.3 Å². The minimum Gasteiger partial charge on any atom is -0.507 e. The summed E-state index contributed by atoms with van der Waals surface area (Å²) in [4.78, 5) is 27.9. The van der Waals surface area contributed by atoms with Crippen molar-refractivity contribution in [1.82, 2.24) is 4.31 Å². The number of benzene rings is 4. The average Bonchev–Trinajstić information content (AvgIpc) is 3.11. The molecular weight excluding hydrogens is 657 g/mol. The molecule has 0 bridgehead atoms. The van der Waals surface area contributed by atoms with E-state index in [1.807, 2.05) is 19.1 Å². The molecule has 1 fully saturated rings. The summed E-state index contributed by atoms with van der Waals surface area (Å²) in [5.41, 5.74) is 3.90. The molecule has 5 rings (SSSR count). The van der Waals surface area contributed by atoms with Crippen molar-refractivity contribution in [2.75, 3.05) is 18.1 Å². The van der Waals surface area contributed by atoms with Crippen LogP contribution in [0.2, 0.25) is 0 Å². The Kier molecular flexibility index (Phi) is 12.1. The van der Waals surface area contributed by atoms with Crippen molar-refractivity contribution < 1.29 is 38.1 Å². The lowest BCUT2D eigenvalue weighted by Gasteiger charge is -2.28. The van der Waals surface area contributed by atoms with Crippen molar-refractivity contribution >= 4 is 27.6 Å². The predicted molar refractivity (Wildman–Crippen MR) is 190 cm³/mol. The van der Waals surface area contributed by atoms with Gasteiger partial charge in [0.05, 0.1) is 30.2 Å². The van der Waals surface area contributed by atoms with Crippen molar-refractivity contribution in [2.24, 2.45) is 0 Å². The fourth-order valence-corrected chi connectivity index (χ4v) is 7.62. The Morgan fingerprint density at radius 2 is 1.46 bits per heavy atom. The van der Waals surface area contributed by atoms with E-state index < -0.39 is 40.5 Å². The summed E-state index contributed by atoms with van der Waals surface area (Å²) in [6, 6.07) is 24.8. The topological polar surface area (TPSA) is 145 Å². The molecule has 0 aliphatic heterocycles. The Balaban J connectivity index is 1.48. The zero-order valence-electron chi connectivity index (χ0n) is 28.4. The number of rotatable bonds is 13. The molecule has 264 valence electrons. The number of carbonyl (C=O) groups excluding carboxylic acids is 2. The first kappa shape index (κ1) is 36.7. The first-order valence-corrected chi connectivity index (χ1v) is 18.3. The standard InChI is InChI=1S/C39H44N2O8S/c1-3-49-39(46)32-17-13-28(14-18-32)24-40(50(47,48)34-20-9-27(2)10-21-34)26-37(43)41(33-19-22-35(38(44)45)36(42)23-33)25-29-11-15-31(16-12-29)30-7-5-4-6-8-30/h9-23,30,38,42,44-45H,3-8,24-26H2,1-2H3. The molecule has 1 amide bonds. The SMILES string of the molecule is CCOC(=O)c1ccc(CN(CC(=O)N(Cc2ccc(C3CCCCC3)cc2)c2ccc(C(O)O)c(O)c2)S(=O)(=O)c2ccc(C)cc2)cc1. The first-order valence-electron chi connectivity index (χ1n) is 16.9.